The predicted molar refractivity (Wildman–Crippen MR) is 86.4 cm³/mol. The second-order valence-electron chi connectivity index (χ2n) is 6.50. The van der Waals surface area contributed by atoms with Crippen LogP contribution in [0.25, 0.3) is 0 Å². The van der Waals surface area contributed by atoms with Crippen molar-refractivity contribution in [3.05, 3.63) is 35.9 Å². The number of hydrogen-bond acceptors (Lipinski definition) is 2. The topological polar surface area (TPSA) is 52.6 Å². The zero-order chi connectivity index (χ0) is 16.0. The van der Waals surface area contributed by atoms with E-state index < -0.39 is 6.10 Å². The molecule has 0 saturated heterocycles. The Morgan fingerprint density at radius 2 is 1.81 bits per heavy atom. The summed E-state index contributed by atoms with van der Waals surface area (Å²) in [5.74, 6) is 0. The van der Waals surface area contributed by atoms with Crippen LogP contribution in [0.3, 0.4) is 0 Å². The highest BCUT2D eigenvalue weighted by Crippen LogP contribution is 2.21. The predicted octanol–water partition coefficient (Wildman–Crippen LogP) is 2.77. The summed E-state index contributed by atoms with van der Waals surface area (Å²) in [6.45, 7) is 10.7. The van der Waals surface area contributed by atoms with Gasteiger partial charge in [0, 0.05) is 24.5 Å². The molecule has 1 aromatic carbocycles. The highest BCUT2D eigenvalue weighted by atomic mass is 16.3. The van der Waals surface area contributed by atoms with E-state index >= 15 is 0 Å². The number of nitrogens with zero attached hydrogens (tertiary/aromatic N) is 1. The van der Waals surface area contributed by atoms with Crippen LogP contribution in [0.1, 0.15) is 40.2 Å². The Morgan fingerprint density at radius 1 is 1.24 bits per heavy atom. The van der Waals surface area contributed by atoms with E-state index in [2.05, 4.69) is 31.3 Å². The lowest BCUT2D eigenvalue weighted by Crippen LogP contribution is -2.49. The van der Waals surface area contributed by atoms with Crippen molar-refractivity contribution in [2.45, 2.75) is 52.2 Å². The molecule has 1 atom stereocenters. The summed E-state index contributed by atoms with van der Waals surface area (Å²) in [6, 6.07) is 10.1. The van der Waals surface area contributed by atoms with Crippen LogP contribution in [0.15, 0.2) is 30.3 Å². The molecule has 2 N–H and O–H groups in total. The number of carbonyl (C=O) groups is 1. The monoisotopic (exact) mass is 292 g/mol. The molecular weight excluding hydrogens is 264 g/mol. The number of amides is 2. The number of benzene rings is 1. The summed E-state index contributed by atoms with van der Waals surface area (Å²) in [6.07, 6.45) is -0.528. The van der Waals surface area contributed by atoms with E-state index in [4.69, 9.17) is 0 Å². The molecule has 0 heterocycles. The first-order valence-electron chi connectivity index (χ1n) is 7.52. The molecule has 0 radical (unpaired) electrons. The van der Waals surface area contributed by atoms with Crippen molar-refractivity contribution in [3.63, 3.8) is 0 Å². The molecule has 0 aliphatic heterocycles. The Balaban J connectivity index is 2.66. The molecule has 4 nitrogen and oxygen atoms in total. The summed E-state index contributed by atoms with van der Waals surface area (Å²) < 4.78 is 0. The highest BCUT2D eigenvalue weighted by molar-refractivity contribution is 5.74. The van der Waals surface area contributed by atoms with Crippen molar-refractivity contribution < 1.29 is 9.90 Å². The average molecular weight is 292 g/mol. The fourth-order valence-corrected chi connectivity index (χ4v) is 2.20. The Morgan fingerprint density at radius 3 is 2.29 bits per heavy atom. The summed E-state index contributed by atoms with van der Waals surface area (Å²) in [4.78, 5) is 14.0. The zero-order valence-electron chi connectivity index (χ0n) is 13.8. The van der Waals surface area contributed by atoms with Gasteiger partial charge in [-0.3, -0.25) is 0 Å². The van der Waals surface area contributed by atoms with Gasteiger partial charge in [-0.1, -0.05) is 44.2 Å². The smallest absolute Gasteiger partial charge is 0.317 e. The SMILES string of the molecule is CC(O)CN(C(=O)NCC(C)(C)c1ccccc1)C(C)C. The molecular formula is C17H28N2O2. The van der Waals surface area contributed by atoms with Crippen molar-refractivity contribution in [2.24, 2.45) is 0 Å². The van der Waals surface area contributed by atoms with E-state index in [1.807, 2.05) is 32.0 Å². The second-order valence-corrected chi connectivity index (χ2v) is 6.50. The quantitative estimate of drug-likeness (QED) is 0.847. The third-order valence-corrected chi connectivity index (χ3v) is 3.58. The van der Waals surface area contributed by atoms with E-state index in [0.717, 1.165) is 0 Å². The zero-order valence-corrected chi connectivity index (χ0v) is 13.8. The molecule has 0 spiro atoms. The fourth-order valence-electron chi connectivity index (χ4n) is 2.20. The Hall–Kier alpha value is -1.55. The number of hydrogen-bond donors (Lipinski definition) is 2. The molecule has 0 aliphatic rings. The lowest BCUT2D eigenvalue weighted by atomic mass is 9.85. The highest BCUT2D eigenvalue weighted by Gasteiger charge is 2.24. The van der Waals surface area contributed by atoms with E-state index in [1.54, 1.807) is 11.8 Å². The van der Waals surface area contributed by atoms with E-state index in [-0.39, 0.29) is 17.5 Å². The maximum absolute atomic E-state index is 12.3. The van der Waals surface area contributed by atoms with Crippen LogP contribution in [-0.2, 0) is 5.41 Å². The summed E-state index contributed by atoms with van der Waals surface area (Å²) in [5, 5.41) is 12.5. The Bertz CT molecular complexity index is 441. The van der Waals surface area contributed by atoms with E-state index in [0.29, 0.717) is 13.1 Å². The van der Waals surface area contributed by atoms with Gasteiger partial charge in [-0.25, -0.2) is 4.79 Å². The fraction of sp³-hybridized carbons (Fsp3) is 0.588. The standard InChI is InChI=1S/C17H28N2O2/c1-13(2)19(11-14(3)20)16(21)18-12-17(4,5)15-9-7-6-8-10-15/h6-10,13-14,20H,11-12H2,1-5H3,(H,18,21). The van der Waals surface area contributed by atoms with Crippen molar-refractivity contribution in [2.75, 3.05) is 13.1 Å². The molecule has 2 amide bonds. The molecule has 0 saturated carbocycles. The molecule has 0 aromatic heterocycles. The van der Waals surface area contributed by atoms with Gasteiger partial charge in [-0.2, -0.15) is 0 Å². The maximum atomic E-state index is 12.3. The number of urea groups is 1. The van der Waals surface area contributed by atoms with Crippen molar-refractivity contribution in [1.29, 1.82) is 0 Å². The minimum Gasteiger partial charge on any atom is -0.392 e. The summed E-state index contributed by atoms with van der Waals surface area (Å²) >= 11 is 0. The van der Waals surface area contributed by atoms with E-state index in [9.17, 15) is 9.90 Å². The second kappa shape index (κ2) is 7.46. The van der Waals surface area contributed by atoms with Crippen LogP contribution < -0.4 is 5.32 Å². The first-order valence-corrected chi connectivity index (χ1v) is 7.52. The van der Waals surface area contributed by atoms with Crippen LogP contribution in [0.2, 0.25) is 0 Å². The molecule has 1 rings (SSSR count). The van der Waals surface area contributed by atoms with E-state index in [1.165, 1.54) is 5.56 Å². The van der Waals surface area contributed by atoms with Crippen LogP contribution in [0.4, 0.5) is 4.79 Å². The van der Waals surface area contributed by atoms with Gasteiger partial charge in [-0.15, -0.1) is 0 Å². The maximum Gasteiger partial charge on any atom is 0.317 e. The third-order valence-electron chi connectivity index (χ3n) is 3.58. The molecule has 0 aliphatic carbocycles. The average Bonchev–Trinajstić information content (AvgIpc) is 2.43. The third kappa shape index (κ3) is 5.38. The first-order chi connectivity index (χ1) is 9.74. The van der Waals surface area contributed by atoms with Gasteiger partial charge in [0.2, 0.25) is 0 Å². The van der Waals surface area contributed by atoms with Gasteiger partial charge < -0.3 is 15.3 Å². The number of nitrogens with one attached hydrogen (secondary N) is 1. The van der Waals surface area contributed by atoms with Gasteiger partial charge >= 0.3 is 6.03 Å². The lowest BCUT2D eigenvalue weighted by Gasteiger charge is -2.31. The van der Waals surface area contributed by atoms with Gasteiger partial charge in [0.15, 0.2) is 0 Å². The summed E-state index contributed by atoms with van der Waals surface area (Å²) in [5.41, 5.74) is 1.06. The van der Waals surface area contributed by atoms with Crippen LogP contribution in [-0.4, -0.2) is 41.3 Å². The largest absolute Gasteiger partial charge is 0.392 e. The number of aliphatic hydroxyl groups excluding tert-OH is 1. The van der Waals surface area contributed by atoms with Crippen LogP contribution >= 0.6 is 0 Å². The van der Waals surface area contributed by atoms with Crippen LogP contribution in [0, 0.1) is 0 Å². The molecule has 0 fully saturated rings. The van der Waals surface area contributed by atoms with Gasteiger partial charge in [0.05, 0.1) is 6.10 Å². The Kier molecular flexibility index (Phi) is 6.21. The normalized spacial score (nSPS) is 13.1. The van der Waals surface area contributed by atoms with Gasteiger partial charge in [0.1, 0.15) is 0 Å². The molecule has 1 aromatic rings. The molecule has 1 unspecified atom stereocenters. The van der Waals surface area contributed by atoms with Crippen LogP contribution in [0.5, 0.6) is 0 Å². The number of rotatable bonds is 6. The number of carbonyl (C=O) groups excluding carboxylic acids is 1. The first kappa shape index (κ1) is 17.5. The lowest BCUT2D eigenvalue weighted by molar-refractivity contribution is 0.118. The van der Waals surface area contributed by atoms with Crippen molar-refractivity contribution in [1.82, 2.24) is 10.2 Å². The number of aliphatic hydroxyl groups is 1. The molecule has 4 heteroatoms. The van der Waals surface area contributed by atoms with Gasteiger partial charge in [-0.05, 0) is 26.3 Å². The summed E-state index contributed by atoms with van der Waals surface area (Å²) in [7, 11) is 0. The minimum atomic E-state index is -0.528. The molecule has 118 valence electrons. The van der Waals surface area contributed by atoms with Crippen molar-refractivity contribution >= 4 is 6.03 Å². The van der Waals surface area contributed by atoms with Gasteiger partial charge in [0.25, 0.3) is 0 Å². The molecule has 0 bridgehead atoms. The minimum absolute atomic E-state index is 0.0550. The Labute approximate surface area is 128 Å². The van der Waals surface area contributed by atoms with Crippen molar-refractivity contribution in [3.8, 4) is 0 Å². The molecule has 21 heavy (non-hydrogen) atoms.